The summed E-state index contributed by atoms with van der Waals surface area (Å²) in [6, 6.07) is 6.69. The number of nitrogens with zero attached hydrogens (tertiary/aromatic N) is 1. The highest BCUT2D eigenvalue weighted by Gasteiger charge is 2.22. The van der Waals surface area contributed by atoms with Crippen molar-refractivity contribution in [3.05, 3.63) is 29.3 Å². The van der Waals surface area contributed by atoms with Crippen LogP contribution in [0.5, 0.6) is 0 Å². The number of aryl methyl sites for hydroxylation is 2. The second kappa shape index (κ2) is 6.44. The third-order valence-electron chi connectivity index (χ3n) is 3.50. The van der Waals surface area contributed by atoms with Gasteiger partial charge in [-0.15, -0.1) is 11.8 Å². The van der Waals surface area contributed by atoms with Gasteiger partial charge in [0.1, 0.15) is 0 Å². The van der Waals surface area contributed by atoms with Gasteiger partial charge >= 0.3 is 0 Å². The van der Waals surface area contributed by atoms with Gasteiger partial charge in [-0.3, -0.25) is 4.79 Å². The van der Waals surface area contributed by atoms with E-state index in [9.17, 15) is 4.79 Å². The van der Waals surface area contributed by atoms with Crippen LogP contribution in [0.25, 0.3) is 0 Å². The van der Waals surface area contributed by atoms with Gasteiger partial charge in [0, 0.05) is 30.6 Å². The third-order valence-corrected chi connectivity index (χ3v) is 4.66. The number of carbonyl (C=O) groups is 1. The maximum Gasteiger partial charge on any atom is 0.233 e. The largest absolute Gasteiger partial charge is 0.337 e. The highest BCUT2D eigenvalue weighted by Crippen LogP contribution is 2.23. The number of rotatable bonds is 3. The monoisotopic (exact) mass is 278 g/mol. The summed E-state index contributed by atoms with van der Waals surface area (Å²) < 4.78 is 0. The molecule has 1 amide bonds. The van der Waals surface area contributed by atoms with Crippen molar-refractivity contribution in [1.82, 2.24) is 10.2 Å². The molecule has 3 nitrogen and oxygen atoms in total. The molecule has 4 heteroatoms. The normalized spacial score (nSPS) is 19.5. The second-order valence-corrected chi connectivity index (χ2v) is 6.22. The number of benzene rings is 1. The second-order valence-electron chi connectivity index (χ2n) is 5.20. The third kappa shape index (κ3) is 3.74. The molecular weight excluding hydrogens is 256 g/mol. The van der Waals surface area contributed by atoms with Gasteiger partial charge in [-0.2, -0.15) is 0 Å². The lowest BCUT2D eigenvalue weighted by atomic mass is 10.2. The van der Waals surface area contributed by atoms with E-state index in [-0.39, 0.29) is 5.91 Å². The molecule has 0 radical (unpaired) electrons. The summed E-state index contributed by atoms with van der Waals surface area (Å²) >= 11 is 1.65. The topological polar surface area (TPSA) is 32.3 Å². The maximum atomic E-state index is 12.2. The van der Waals surface area contributed by atoms with Crippen molar-refractivity contribution in [2.45, 2.75) is 31.7 Å². The van der Waals surface area contributed by atoms with Crippen molar-refractivity contribution >= 4 is 17.7 Å². The standard InChI is InChI=1S/C15H22N2OS/c1-11-4-5-14(12(2)8-11)19-10-15(18)17-7-6-16-9-13(17)3/h4-5,8,13,16H,6-7,9-10H2,1-3H3/t13-/m1/s1. The zero-order valence-electron chi connectivity index (χ0n) is 11.9. The number of amides is 1. The van der Waals surface area contributed by atoms with Gasteiger partial charge in [0.15, 0.2) is 0 Å². The summed E-state index contributed by atoms with van der Waals surface area (Å²) in [7, 11) is 0. The van der Waals surface area contributed by atoms with Gasteiger partial charge in [0.2, 0.25) is 5.91 Å². The van der Waals surface area contributed by atoms with Gasteiger partial charge < -0.3 is 10.2 Å². The molecule has 0 aliphatic carbocycles. The number of piperazine rings is 1. The van der Waals surface area contributed by atoms with Gasteiger partial charge in [0.05, 0.1) is 5.75 Å². The molecule has 1 aliphatic heterocycles. The Hall–Kier alpha value is -1.00. The Bertz CT molecular complexity index is 461. The first-order valence-corrected chi connectivity index (χ1v) is 7.76. The van der Waals surface area contributed by atoms with Crippen molar-refractivity contribution in [3.63, 3.8) is 0 Å². The minimum absolute atomic E-state index is 0.249. The molecule has 0 saturated carbocycles. The van der Waals surface area contributed by atoms with E-state index < -0.39 is 0 Å². The molecule has 0 aromatic heterocycles. The summed E-state index contributed by atoms with van der Waals surface area (Å²) in [6.07, 6.45) is 0. The molecule has 104 valence electrons. The Labute approximate surface area is 119 Å². The van der Waals surface area contributed by atoms with E-state index in [2.05, 4.69) is 44.3 Å². The minimum Gasteiger partial charge on any atom is -0.337 e. The van der Waals surface area contributed by atoms with Gasteiger partial charge in [-0.25, -0.2) is 0 Å². The molecule has 1 heterocycles. The van der Waals surface area contributed by atoms with Crippen molar-refractivity contribution in [1.29, 1.82) is 0 Å². The molecule has 1 aromatic carbocycles. The van der Waals surface area contributed by atoms with Crippen molar-refractivity contribution in [3.8, 4) is 0 Å². The first-order chi connectivity index (χ1) is 9.08. The summed E-state index contributed by atoms with van der Waals surface area (Å²) in [5.74, 6) is 0.785. The molecule has 1 saturated heterocycles. The maximum absolute atomic E-state index is 12.2. The number of carbonyl (C=O) groups excluding carboxylic acids is 1. The van der Waals surface area contributed by atoms with Crippen LogP contribution >= 0.6 is 11.8 Å². The predicted octanol–water partition coefficient (Wildman–Crippen LogP) is 2.22. The van der Waals surface area contributed by atoms with Crippen LogP contribution in [0.15, 0.2) is 23.1 Å². The predicted molar refractivity (Wildman–Crippen MR) is 80.7 cm³/mol. The quantitative estimate of drug-likeness (QED) is 0.861. The molecule has 0 spiro atoms. The number of hydrogen-bond acceptors (Lipinski definition) is 3. The molecular formula is C15H22N2OS. The Morgan fingerprint density at radius 3 is 2.95 bits per heavy atom. The summed E-state index contributed by atoms with van der Waals surface area (Å²) in [4.78, 5) is 15.4. The smallest absolute Gasteiger partial charge is 0.233 e. The Balaban J connectivity index is 1.92. The molecule has 1 N–H and O–H groups in total. The lowest BCUT2D eigenvalue weighted by molar-refractivity contribution is -0.131. The average molecular weight is 278 g/mol. The number of hydrogen-bond donors (Lipinski definition) is 1. The van der Waals surface area contributed by atoms with Crippen LogP contribution in [0.4, 0.5) is 0 Å². The van der Waals surface area contributed by atoms with E-state index >= 15 is 0 Å². The summed E-state index contributed by atoms with van der Waals surface area (Å²) in [5, 5.41) is 3.31. The Kier molecular flexibility index (Phi) is 4.88. The van der Waals surface area contributed by atoms with Crippen LogP contribution in [0.3, 0.4) is 0 Å². The first kappa shape index (κ1) is 14.4. The van der Waals surface area contributed by atoms with E-state index in [0.717, 1.165) is 19.6 Å². The lowest BCUT2D eigenvalue weighted by Crippen LogP contribution is -2.52. The fourth-order valence-electron chi connectivity index (χ4n) is 2.40. The van der Waals surface area contributed by atoms with Crippen LogP contribution in [0.1, 0.15) is 18.1 Å². The van der Waals surface area contributed by atoms with Crippen LogP contribution < -0.4 is 5.32 Å². The molecule has 1 fully saturated rings. The van der Waals surface area contributed by atoms with E-state index in [1.807, 2.05) is 4.90 Å². The highest BCUT2D eigenvalue weighted by atomic mass is 32.2. The van der Waals surface area contributed by atoms with E-state index in [0.29, 0.717) is 11.8 Å². The van der Waals surface area contributed by atoms with Crippen LogP contribution in [0.2, 0.25) is 0 Å². The van der Waals surface area contributed by atoms with E-state index in [1.54, 1.807) is 11.8 Å². The van der Waals surface area contributed by atoms with E-state index in [1.165, 1.54) is 16.0 Å². The van der Waals surface area contributed by atoms with Crippen molar-refractivity contribution < 1.29 is 4.79 Å². The van der Waals surface area contributed by atoms with Crippen LogP contribution in [-0.4, -0.2) is 42.2 Å². The molecule has 1 aliphatic rings. The van der Waals surface area contributed by atoms with Gasteiger partial charge in [0.25, 0.3) is 0 Å². The fraction of sp³-hybridized carbons (Fsp3) is 0.533. The summed E-state index contributed by atoms with van der Waals surface area (Å²) in [6.45, 7) is 8.94. The van der Waals surface area contributed by atoms with Gasteiger partial charge in [-0.1, -0.05) is 17.7 Å². The molecule has 0 unspecified atom stereocenters. The first-order valence-electron chi connectivity index (χ1n) is 6.78. The summed E-state index contributed by atoms with van der Waals surface area (Å²) in [5.41, 5.74) is 2.52. The van der Waals surface area contributed by atoms with Crippen molar-refractivity contribution in [2.75, 3.05) is 25.4 Å². The molecule has 1 aromatic rings. The minimum atomic E-state index is 0.249. The highest BCUT2D eigenvalue weighted by molar-refractivity contribution is 8.00. The van der Waals surface area contributed by atoms with Crippen LogP contribution in [-0.2, 0) is 4.79 Å². The Morgan fingerprint density at radius 2 is 2.26 bits per heavy atom. The average Bonchev–Trinajstić information content (AvgIpc) is 2.38. The zero-order valence-corrected chi connectivity index (χ0v) is 12.7. The van der Waals surface area contributed by atoms with E-state index in [4.69, 9.17) is 0 Å². The number of nitrogens with one attached hydrogen (secondary N) is 1. The SMILES string of the molecule is Cc1ccc(SCC(=O)N2CCNC[C@H]2C)c(C)c1. The molecule has 19 heavy (non-hydrogen) atoms. The molecule has 2 rings (SSSR count). The van der Waals surface area contributed by atoms with Crippen LogP contribution in [0, 0.1) is 13.8 Å². The van der Waals surface area contributed by atoms with Crippen molar-refractivity contribution in [2.24, 2.45) is 0 Å². The molecule has 1 atom stereocenters. The Morgan fingerprint density at radius 1 is 1.47 bits per heavy atom. The fourth-order valence-corrected chi connectivity index (χ4v) is 3.29. The number of thioether (sulfide) groups is 1. The lowest BCUT2D eigenvalue weighted by Gasteiger charge is -2.34. The van der Waals surface area contributed by atoms with Gasteiger partial charge in [-0.05, 0) is 32.4 Å². The molecule has 0 bridgehead atoms. The zero-order chi connectivity index (χ0) is 13.8.